The Morgan fingerprint density at radius 1 is 1.11 bits per heavy atom. The lowest BCUT2D eigenvalue weighted by atomic mass is 9.95. The lowest BCUT2D eigenvalue weighted by Gasteiger charge is -2.35. The van der Waals surface area contributed by atoms with Crippen molar-refractivity contribution in [1.29, 1.82) is 0 Å². The van der Waals surface area contributed by atoms with E-state index in [0.29, 0.717) is 13.2 Å². The number of hydrogen-bond donors (Lipinski definition) is 1. The van der Waals surface area contributed by atoms with Crippen LogP contribution in [0.15, 0.2) is 48.8 Å². The number of rotatable bonds is 3. The number of hydrogen-bond acceptors (Lipinski definition) is 4. The molecule has 1 unspecified atom stereocenters. The number of halogens is 1. The SMILES string of the molecule is Fc1cccc(C2c3nc[nH]c3CCN2Cc2ccc3c(c2)OCCO3)c1. The molecule has 0 amide bonds. The van der Waals surface area contributed by atoms with Crippen molar-refractivity contribution in [3.63, 3.8) is 0 Å². The Morgan fingerprint density at radius 3 is 2.89 bits per heavy atom. The Hall–Kier alpha value is -2.86. The third-order valence-electron chi connectivity index (χ3n) is 5.18. The third-order valence-corrected chi connectivity index (χ3v) is 5.18. The van der Waals surface area contributed by atoms with Crippen LogP contribution < -0.4 is 9.47 Å². The maximum Gasteiger partial charge on any atom is 0.161 e. The van der Waals surface area contributed by atoms with Gasteiger partial charge in [0.25, 0.3) is 0 Å². The van der Waals surface area contributed by atoms with Crippen LogP contribution in [0.4, 0.5) is 4.39 Å². The van der Waals surface area contributed by atoms with Crippen molar-refractivity contribution in [3.8, 4) is 11.5 Å². The molecule has 0 saturated carbocycles. The van der Waals surface area contributed by atoms with Gasteiger partial charge in [-0.25, -0.2) is 9.37 Å². The van der Waals surface area contributed by atoms with E-state index >= 15 is 0 Å². The summed E-state index contributed by atoms with van der Waals surface area (Å²) in [5.41, 5.74) is 4.16. The Labute approximate surface area is 156 Å². The maximum atomic E-state index is 13.9. The van der Waals surface area contributed by atoms with E-state index in [1.54, 1.807) is 18.5 Å². The molecule has 0 bridgehead atoms. The van der Waals surface area contributed by atoms with Crippen molar-refractivity contribution in [2.45, 2.75) is 19.0 Å². The average molecular weight is 365 g/mol. The van der Waals surface area contributed by atoms with Gasteiger partial charge in [-0.05, 0) is 35.4 Å². The fourth-order valence-corrected chi connectivity index (χ4v) is 3.96. The van der Waals surface area contributed by atoms with Crippen LogP contribution in [-0.2, 0) is 13.0 Å². The monoisotopic (exact) mass is 365 g/mol. The fraction of sp³-hybridized carbons (Fsp3) is 0.286. The molecule has 1 N–H and O–H groups in total. The van der Waals surface area contributed by atoms with Crippen LogP contribution >= 0.6 is 0 Å². The largest absolute Gasteiger partial charge is 0.486 e. The standard InChI is InChI=1S/C21H20FN3O2/c22-16-3-1-2-15(11-16)21-20-17(23-13-24-20)6-7-25(21)12-14-4-5-18-19(10-14)27-9-8-26-18/h1-5,10-11,13,21H,6-9,12H2,(H,23,24). The molecule has 0 aliphatic carbocycles. The predicted octanol–water partition coefficient (Wildman–Crippen LogP) is 3.47. The van der Waals surface area contributed by atoms with E-state index in [1.165, 1.54) is 6.07 Å². The quantitative estimate of drug-likeness (QED) is 0.772. The third kappa shape index (κ3) is 3.06. The highest BCUT2D eigenvalue weighted by atomic mass is 19.1. The molecule has 0 saturated heterocycles. The molecular formula is C21H20FN3O2. The van der Waals surface area contributed by atoms with Crippen LogP contribution in [0.1, 0.15) is 28.6 Å². The van der Waals surface area contributed by atoms with Gasteiger partial charge in [0.2, 0.25) is 0 Å². The van der Waals surface area contributed by atoms with Crippen LogP contribution in [0.25, 0.3) is 0 Å². The number of aromatic nitrogens is 2. The summed E-state index contributed by atoms with van der Waals surface area (Å²) in [6.07, 6.45) is 2.62. The summed E-state index contributed by atoms with van der Waals surface area (Å²) < 4.78 is 25.2. The molecule has 2 aromatic carbocycles. The highest BCUT2D eigenvalue weighted by Gasteiger charge is 2.31. The molecule has 0 radical (unpaired) electrons. The first kappa shape index (κ1) is 16.3. The van der Waals surface area contributed by atoms with Crippen LogP contribution in [0, 0.1) is 5.82 Å². The number of benzene rings is 2. The molecule has 1 atom stereocenters. The van der Waals surface area contributed by atoms with Gasteiger partial charge < -0.3 is 14.5 Å². The molecule has 2 aliphatic heterocycles. The molecule has 5 nitrogen and oxygen atoms in total. The topological polar surface area (TPSA) is 50.4 Å². The Morgan fingerprint density at radius 2 is 2.00 bits per heavy atom. The van der Waals surface area contributed by atoms with Crippen LogP contribution in [0.3, 0.4) is 0 Å². The number of ether oxygens (including phenoxy) is 2. The number of nitrogens with zero attached hydrogens (tertiary/aromatic N) is 2. The van der Waals surface area contributed by atoms with Crippen molar-refractivity contribution in [2.75, 3.05) is 19.8 Å². The number of fused-ring (bicyclic) bond motifs is 2. The molecular weight excluding hydrogens is 345 g/mol. The van der Waals surface area contributed by atoms with E-state index < -0.39 is 0 Å². The number of imidazole rings is 1. The van der Waals surface area contributed by atoms with E-state index in [0.717, 1.165) is 53.5 Å². The first-order chi connectivity index (χ1) is 13.3. The van der Waals surface area contributed by atoms with E-state index in [9.17, 15) is 4.39 Å². The van der Waals surface area contributed by atoms with Gasteiger partial charge in [-0.15, -0.1) is 0 Å². The lowest BCUT2D eigenvalue weighted by Crippen LogP contribution is -2.36. The molecule has 0 spiro atoms. The molecule has 138 valence electrons. The average Bonchev–Trinajstić information content (AvgIpc) is 3.16. The van der Waals surface area contributed by atoms with Gasteiger partial charge in [0.15, 0.2) is 11.5 Å². The fourth-order valence-electron chi connectivity index (χ4n) is 3.96. The Bertz CT molecular complexity index is 972. The summed E-state index contributed by atoms with van der Waals surface area (Å²) in [6.45, 7) is 2.75. The molecule has 5 rings (SSSR count). The van der Waals surface area contributed by atoms with Crippen molar-refractivity contribution >= 4 is 0 Å². The molecule has 1 aromatic heterocycles. The van der Waals surface area contributed by atoms with Gasteiger partial charge in [0.1, 0.15) is 19.0 Å². The second kappa shape index (κ2) is 6.70. The smallest absolute Gasteiger partial charge is 0.161 e. The number of nitrogens with one attached hydrogen (secondary N) is 1. The molecule has 3 aromatic rings. The van der Waals surface area contributed by atoms with E-state index in [-0.39, 0.29) is 11.9 Å². The predicted molar refractivity (Wildman–Crippen MR) is 98.4 cm³/mol. The van der Waals surface area contributed by atoms with Crippen molar-refractivity contribution in [1.82, 2.24) is 14.9 Å². The van der Waals surface area contributed by atoms with Gasteiger partial charge >= 0.3 is 0 Å². The zero-order chi connectivity index (χ0) is 18.2. The molecule has 3 heterocycles. The summed E-state index contributed by atoms with van der Waals surface area (Å²) in [7, 11) is 0. The van der Waals surface area contributed by atoms with Crippen molar-refractivity contribution in [2.24, 2.45) is 0 Å². The highest BCUT2D eigenvalue weighted by molar-refractivity contribution is 5.44. The zero-order valence-corrected chi connectivity index (χ0v) is 14.8. The van der Waals surface area contributed by atoms with Gasteiger partial charge in [-0.2, -0.15) is 0 Å². The zero-order valence-electron chi connectivity index (χ0n) is 14.8. The van der Waals surface area contributed by atoms with E-state index in [2.05, 4.69) is 20.9 Å². The van der Waals surface area contributed by atoms with E-state index in [4.69, 9.17) is 9.47 Å². The summed E-state index contributed by atoms with van der Waals surface area (Å²) in [4.78, 5) is 10.1. The van der Waals surface area contributed by atoms with Crippen LogP contribution in [0.2, 0.25) is 0 Å². The minimum Gasteiger partial charge on any atom is -0.486 e. The Balaban J connectivity index is 1.49. The molecule has 27 heavy (non-hydrogen) atoms. The minimum absolute atomic E-state index is 0.0797. The van der Waals surface area contributed by atoms with Crippen molar-refractivity contribution in [3.05, 3.63) is 77.1 Å². The van der Waals surface area contributed by atoms with Gasteiger partial charge in [-0.3, -0.25) is 4.90 Å². The van der Waals surface area contributed by atoms with Crippen molar-refractivity contribution < 1.29 is 13.9 Å². The Kier molecular flexibility index (Phi) is 4.05. The summed E-state index contributed by atoms with van der Waals surface area (Å²) in [5.74, 6) is 1.35. The summed E-state index contributed by atoms with van der Waals surface area (Å²) >= 11 is 0. The number of H-pyrrole nitrogens is 1. The second-order valence-corrected chi connectivity index (χ2v) is 6.92. The molecule has 0 fully saturated rings. The summed E-state index contributed by atoms with van der Waals surface area (Å²) in [6, 6.07) is 12.8. The summed E-state index contributed by atoms with van der Waals surface area (Å²) in [5, 5.41) is 0. The van der Waals surface area contributed by atoms with Gasteiger partial charge in [-0.1, -0.05) is 18.2 Å². The van der Waals surface area contributed by atoms with Gasteiger partial charge in [0, 0.05) is 25.2 Å². The first-order valence-electron chi connectivity index (χ1n) is 9.18. The normalized spacial score (nSPS) is 18.9. The second-order valence-electron chi connectivity index (χ2n) is 6.92. The van der Waals surface area contributed by atoms with E-state index in [1.807, 2.05) is 18.2 Å². The van der Waals surface area contributed by atoms with Crippen LogP contribution in [-0.4, -0.2) is 34.6 Å². The minimum atomic E-state index is -0.227. The van der Waals surface area contributed by atoms with Crippen LogP contribution in [0.5, 0.6) is 11.5 Å². The number of aromatic amines is 1. The molecule has 2 aliphatic rings. The van der Waals surface area contributed by atoms with Gasteiger partial charge in [0.05, 0.1) is 18.1 Å². The highest BCUT2D eigenvalue weighted by Crippen LogP contribution is 2.36. The maximum absolute atomic E-state index is 13.9. The molecule has 6 heteroatoms. The lowest BCUT2D eigenvalue weighted by molar-refractivity contribution is 0.170. The first-order valence-corrected chi connectivity index (χ1v) is 9.18.